The number of ether oxygens (including phenoxy) is 2. The molecule has 5 rings (SSSR count). The van der Waals surface area contributed by atoms with E-state index in [4.69, 9.17) is 9.47 Å². The summed E-state index contributed by atoms with van der Waals surface area (Å²) >= 11 is 0. The average molecular weight is 471 g/mol. The van der Waals surface area contributed by atoms with E-state index in [1.165, 1.54) is 16.4 Å². The molecule has 172 valence electrons. The first-order chi connectivity index (χ1) is 15.9. The highest BCUT2D eigenvalue weighted by molar-refractivity contribution is 7.89. The minimum atomic E-state index is -3.76. The first-order valence-electron chi connectivity index (χ1n) is 10.6. The van der Waals surface area contributed by atoms with E-state index in [2.05, 4.69) is 10.2 Å². The van der Waals surface area contributed by atoms with Crippen LogP contribution in [0.2, 0.25) is 0 Å². The summed E-state index contributed by atoms with van der Waals surface area (Å²) in [5, 5.41) is 7.17. The Labute approximate surface area is 189 Å². The zero-order chi connectivity index (χ0) is 23.0. The number of benzene rings is 2. The molecule has 0 saturated carbocycles. The number of fused-ring (bicyclic) bond motifs is 2. The maximum Gasteiger partial charge on any atom is 0.275 e. The van der Waals surface area contributed by atoms with Crippen LogP contribution >= 0.6 is 0 Å². The number of carbonyl (C=O) groups is 1. The zero-order valence-electron chi connectivity index (χ0n) is 17.7. The molecular formula is C22H22N4O6S. The Bertz CT molecular complexity index is 1380. The van der Waals surface area contributed by atoms with Gasteiger partial charge in [-0.05, 0) is 18.2 Å². The molecule has 2 aliphatic rings. The molecule has 3 aromatic rings. The summed E-state index contributed by atoms with van der Waals surface area (Å²) < 4.78 is 38.9. The van der Waals surface area contributed by atoms with Crippen LogP contribution in [0.15, 0.2) is 52.2 Å². The number of piperazine rings is 1. The van der Waals surface area contributed by atoms with Crippen molar-refractivity contribution in [3.63, 3.8) is 0 Å². The van der Waals surface area contributed by atoms with Crippen LogP contribution in [-0.4, -0.2) is 73.1 Å². The third-order valence-corrected chi connectivity index (χ3v) is 7.68. The number of aromatic amines is 1. The van der Waals surface area contributed by atoms with Gasteiger partial charge in [0, 0.05) is 44.1 Å². The Morgan fingerprint density at radius 2 is 1.64 bits per heavy atom. The molecule has 10 nitrogen and oxygen atoms in total. The van der Waals surface area contributed by atoms with Crippen molar-refractivity contribution in [3.05, 3.63) is 58.5 Å². The molecule has 3 heterocycles. The van der Waals surface area contributed by atoms with Gasteiger partial charge in [0.15, 0.2) is 17.2 Å². The van der Waals surface area contributed by atoms with Gasteiger partial charge in [0.1, 0.15) is 0 Å². The van der Waals surface area contributed by atoms with Crippen molar-refractivity contribution in [2.24, 2.45) is 0 Å². The highest BCUT2D eigenvalue weighted by Crippen LogP contribution is 2.33. The minimum absolute atomic E-state index is 0.125. The molecule has 0 bridgehead atoms. The highest BCUT2D eigenvalue weighted by atomic mass is 32.2. The van der Waals surface area contributed by atoms with Gasteiger partial charge in [-0.25, -0.2) is 13.5 Å². The molecule has 1 amide bonds. The SMILES string of the molecule is O=C(c1n[nH]c(=O)c2ccccc12)N1CCN(S(=O)(=O)c2ccc3c(c2)OCCCO3)CC1. The molecule has 2 aliphatic heterocycles. The second-order valence-electron chi connectivity index (χ2n) is 7.80. The van der Waals surface area contributed by atoms with Gasteiger partial charge in [-0.3, -0.25) is 9.59 Å². The van der Waals surface area contributed by atoms with Gasteiger partial charge < -0.3 is 14.4 Å². The van der Waals surface area contributed by atoms with Crippen LogP contribution in [0.5, 0.6) is 11.5 Å². The van der Waals surface area contributed by atoms with E-state index in [9.17, 15) is 18.0 Å². The fourth-order valence-corrected chi connectivity index (χ4v) is 5.45. The lowest BCUT2D eigenvalue weighted by molar-refractivity contribution is 0.0693. The molecule has 0 atom stereocenters. The Balaban J connectivity index is 1.33. The van der Waals surface area contributed by atoms with Crippen molar-refractivity contribution in [1.29, 1.82) is 0 Å². The Morgan fingerprint density at radius 3 is 2.39 bits per heavy atom. The lowest BCUT2D eigenvalue weighted by Crippen LogP contribution is -2.50. The summed E-state index contributed by atoms with van der Waals surface area (Å²) in [7, 11) is -3.76. The lowest BCUT2D eigenvalue weighted by Gasteiger charge is -2.34. The first-order valence-corrected chi connectivity index (χ1v) is 12.1. The summed E-state index contributed by atoms with van der Waals surface area (Å²) in [6.07, 6.45) is 0.728. The number of hydrogen-bond acceptors (Lipinski definition) is 7. The smallest absolute Gasteiger partial charge is 0.275 e. The fourth-order valence-electron chi connectivity index (χ4n) is 4.01. The summed E-state index contributed by atoms with van der Waals surface area (Å²) in [6.45, 7) is 1.68. The predicted molar refractivity (Wildman–Crippen MR) is 119 cm³/mol. The molecule has 0 aliphatic carbocycles. The third kappa shape index (κ3) is 3.93. The number of sulfonamides is 1. The summed E-state index contributed by atoms with van der Waals surface area (Å²) in [4.78, 5) is 26.8. The van der Waals surface area contributed by atoms with Crippen LogP contribution in [-0.2, 0) is 10.0 Å². The Morgan fingerprint density at radius 1 is 0.939 bits per heavy atom. The maximum absolute atomic E-state index is 13.2. The molecule has 1 aromatic heterocycles. The molecule has 0 spiro atoms. The van der Waals surface area contributed by atoms with Crippen molar-refractivity contribution in [2.75, 3.05) is 39.4 Å². The molecule has 1 saturated heterocycles. The summed E-state index contributed by atoms with van der Waals surface area (Å²) in [5.74, 6) is 0.594. The molecule has 0 radical (unpaired) electrons. The number of hydrogen-bond donors (Lipinski definition) is 1. The summed E-state index contributed by atoms with van der Waals surface area (Å²) in [6, 6.07) is 11.4. The van der Waals surface area contributed by atoms with Gasteiger partial charge in [-0.15, -0.1) is 0 Å². The maximum atomic E-state index is 13.2. The van der Waals surface area contributed by atoms with E-state index in [1.54, 1.807) is 35.2 Å². The van der Waals surface area contributed by atoms with Crippen molar-refractivity contribution in [2.45, 2.75) is 11.3 Å². The van der Waals surface area contributed by atoms with Crippen LogP contribution < -0.4 is 15.0 Å². The number of rotatable bonds is 3. The van der Waals surface area contributed by atoms with Crippen LogP contribution in [0.1, 0.15) is 16.9 Å². The minimum Gasteiger partial charge on any atom is -0.490 e. The van der Waals surface area contributed by atoms with Crippen LogP contribution in [0, 0.1) is 0 Å². The lowest BCUT2D eigenvalue weighted by atomic mass is 10.1. The van der Waals surface area contributed by atoms with E-state index in [0.29, 0.717) is 35.5 Å². The molecular weight excluding hydrogens is 448 g/mol. The van der Waals surface area contributed by atoms with Crippen molar-refractivity contribution in [3.8, 4) is 11.5 Å². The largest absolute Gasteiger partial charge is 0.490 e. The Kier molecular flexibility index (Phi) is 5.51. The van der Waals surface area contributed by atoms with Crippen LogP contribution in [0.25, 0.3) is 10.8 Å². The number of carbonyl (C=O) groups excluding carboxylic acids is 1. The van der Waals surface area contributed by atoms with Crippen LogP contribution in [0.3, 0.4) is 0 Å². The number of aromatic nitrogens is 2. The summed E-state index contributed by atoms with van der Waals surface area (Å²) in [5.41, 5.74) is -0.224. The van der Waals surface area contributed by atoms with E-state index >= 15 is 0 Å². The highest BCUT2D eigenvalue weighted by Gasteiger charge is 2.32. The van der Waals surface area contributed by atoms with Crippen molar-refractivity contribution >= 4 is 26.7 Å². The number of nitrogens with one attached hydrogen (secondary N) is 1. The number of H-pyrrole nitrogens is 1. The Hall–Kier alpha value is -3.44. The van der Waals surface area contributed by atoms with Gasteiger partial charge in [-0.2, -0.15) is 9.40 Å². The second-order valence-corrected chi connectivity index (χ2v) is 9.74. The number of nitrogens with zero attached hydrogens (tertiary/aromatic N) is 3. The number of amides is 1. The van der Waals surface area contributed by atoms with Crippen molar-refractivity contribution in [1.82, 2.24) is 19.4 Å². The molecule has 1 N–H and O–H groups in total. The van der Waals surface area contributed by atoms with Gasteiger partial charge in [-0.1, -0.05) is 18.2 Å². The monoisotopic (exact) mass is 470 g/mol. The standard InChI is InChI=1S/C22H22N4O6S/c27-21-17-5-2-1-4-16(17)20(23-24-21)22(28)25-8-10-26(11-9-25)33(29,30)15-6-7-18-19(14-15)32-13-3-12-31-18/h1-2,4-7,14H,3,8-13H2,(H,24,27). The first kappa shape index (κ1) is 21.4. The molecule has 1 fully saturated rings. The van der Waals surface area contributed by atoms with Gasteiger partial charge in [0.05, 0.1) is 23.5 Å². The van der Waals surface area contributed by atoms with Crippen molar-refractivity contribution < 1.29 is 22.7 Å². The van der Waals surface area contributed by atoms with Gasteiger partial charge in [0.2, 0.25) is 10.0 Å². The predicted octanol–water partition coefficient (Wildman–Crippen LogP) is 1.23. The van der Waals surface area contributed by atoms with Gasteiger partial charge >= 0.3 is 0 Å². The second kappa shape index (κ2) is 8.49. The third-order valence-electron chi connectivity index (χ3n) is 5.78. The molecule has 2 aromatic carbocycles. The van der Waals surface area contributed by atoms with E-state index in [0.717, 1.165) is 6.42 Å². The topological polar surface area (TPSA) is 122 Å². The van der Waals surface area contributed by atoms with E-state index < -0.39 is 10.0 Å². The molecule has 11 heteroatoms. The van der Waals surface area contributed by atoms with Crippen LogP contribution in [0.4, 0.5) is 0 Å². The molecule has 33 heavy (non-hydrogen) atoms. The zero-order valence-corrected chi connectivity index (χ0v) is 18.5. The van der Waals surface area contributed by atoms with E-state index in [1.807, 2.05) is 0 Å². The fraction of sp³-hybridized carbons (Fsp3) is 0.318. The molecule has 0 unspecified atom stereocenters. The average Bonchev–Trinajstić information content (AvgIpc) is 3.09. The quantitative estimate of drug-likeness (QED) is 0.611. The van der Waals surface area contributed by atoms with E-state index in [-0.39, 0.29) is 48.2 Å². The normalized spacial score (nSPS) is 17.0. The van der Waals surface area contributed by atoms with Gasteiger partial charge in [0.25, 0.3) is 11.5 Å².